The fourth-order valence-electron chi connectivity index (χ4n) is 1.55. The Kier molecular flexibility index (Phi) is 3.25. The van der Waals surface area contributed by atoms with Gasteiger partial charge in [0.2, 0.25) is 0 Å². The second-order valence-electron chi connectivity index (χ2n) is 3.94. The van der Waals surface area contributed by atoms with E-state index in [9.17, 15) is 5.21 Å². The molecular formula is C10H17NO2. The van der Waals surface area contributed by atoms with Crippen molar-refractivity contribution in [2.75, 3.05) is 0 Å². The van der Waals surface area contributed by atoms with Crippen molar-refractivity contribution in [3.8, 4) is 0 Å². The number of rotatable bonds is 2. The highest BCUT2D eigenvalue weighted by Crippen LogP contribution is 2.25. The molecule has 0 fully saturated rings. The molecule has 1 aliphatic rings. The third-order valence-electron chi connectivity index (χ3n) is 2.62. The lowest BCUT2D eigenvalue weighted by atomic mass is 9.86. The van der Waals surface area contributed by atoms with Gasteiger partial charge in [0.1, 0.15) is 5.70 Å². The smallest absolute Gasteiger partial charge is 0.143 e. The van der Waals surface area contributed by atoms with Crippen LogP contribution in [0.15, 0.2) is 23.4 Å². The summed E-state index contributed by atoms with van der Waals surface area (Å²) >= 11 is 0. The summed E-state index contributed by atoms with van der Waals surface area (Å²) in [6, 6.07) is 0. The maximum absolute atomic E-state index is 10.8. The van der Waals surface area contributed by atoms with E-state index in [1.807, 2.05) is 13.0 Å². The largest absolute Gasteiger partial charge is 0.595 e. The van der Waals surface area contributed by atoms with Crippen LogP contribution in [-0.4, -0.2) is 5.21 Å². The summed E-state index contributed by atoms with van der Waals surface area (Å²) in [5.41, 5.74) is 1.46. The van der Waals surface area contributed by atoms with Gasteiger partial charge in [-0.05, 0) is 18.8 Å². The van der Waals surface area contributed by atoms with Crippen LogP contribution in [0.25, 0.3) is 0 Å². The Morgan fingerprint density at radius 1 is 1.62 bits per heavy atom. The Labute approximate surface area is 78.9 Å². The maximum atomic E-state index is 10.8. The first-order valence-electron chi connectivity index (χ1n) is 4.63. The van der Waals surface area contributed by atoms with E-state index in [-0.39, 0.29) is 0 Å². The lowest BCUT2D eigenvalue weighted by molar-refractivity contribution is -1.02. The molecule has 0 aromatic heterocycles. The molecule has 0 aromatic rings. The van der Waals surface area contributed by atoms with E-state index in [0.717, 1.165) is 5.57 Å². The molecule has 2 N–H and O–H groups in total. The fourth-order valence-corrected chi connectivity index (χ4v) is 1.55. The summed E-state index contributed by atoms with van der Waals surface area (Å²) in [7, 11) is 0. The van der Waals surface area contributed by atoms with Crippen molar-refractivity contribution in [2.24, 2.45) is 11.8 Å². The molecule has 3 nitrogen and oxygen atoms in total. The zero-order valence-electron chi connectivity index (χ0n) is 8.37. The quantitative estimate of drug-likeness (QED) is 0.633. The lowest BCUT2D eigenvalue weighted by Crippen LogP contribution is -3.02. The van der Waals surface area contributed by atoms with Crippen LogP contribution in [0.3, 0.4) is 0 Å². The van der Waals surface area contributed by atoms with Crippen molar-refractivity contribution in [1.29, 1.82) is 0 Å². The highest BCUT2D eigenvalue weighted by Gasteiger charge is 2.21. The average Bonchev–Trinajstić information content (AvgIpc) is 2.04. The Morgan fingerprint density at radius 2 is 2.23 bits per heavy atom. The van der Waals surface area contributed by atoms with E-state index < -0.39 is 5.23 Å². The Hall–Kier alpha value is -0.640. The topological polar surface area (TPSA) is 47.7 Å². The Bertz CT molecular complexity index is 241. The van der Waals surface area contributed by atoms with Gasteiger partial charge in [-0.2, -0.15) is 5.23 Å². The second kappa shape index (κ2) is 4.05. The van der Waals surface area contributed by atoms with Gasteiger partial charge >= 0.3 is 0 Å². The van der Waals surface area contributed by atoms with Crippen LogP contribution in [0.2, 0.25) is 0 Å². The molecule has 0 bridgehead atoms. The molecule has 0 radical (unpaired) electrons. The molecule has 1 unspecified atom stereocenters. The molecule has 1 aliphatic carbocycles. The molecule has 13 heavy (non-hydrogen) atoms. The summed E-state index contributed by atoms with van der Waals surface area (Å²) < 4.78 is 0. The predicted molar refractivity (Wildman–Crippen MR) is 50.9 cm³/mol. The summed E-state index contributed by atoms with van der Waals surface area (Å²) in [4.78, 5) is 0. The summed E-state index contributed by atoms with van der Waals surface area (Å²) in [6.45, 7) is 6.10. The molecule has 0 saturated heterocycles. The van der Waals surface area contributed by atoms with E-state index in [2.05, 4.69) is 19.9 Å². The normalized spacial score (nSPS) is 25.5. The minimum absolute atomic E-state index is 0.384. The second-order valence-corrected chi connectivity index (χ2v) is 3.94. The number of hydrogen-bond donors (Lipinski definition) is 2. The van der Waals surface area contributed by atoms with Crippen LogP contribution < -0.4 is 5.23 Å². The first-order valence-corrected chi connectivity index (χ1v) is 4.63. The molecule has 0 amide bonds. The van der Waals surface area contributed by atoms with Gasteiger partial charge in [-0.1, -0.05) is 26.0 Å². The van der Waals surface area contributed by atoms with Gasteiger partial charge in [-0.15, -0.1) is 0 Å². The molecule has 2 atom stereocenters. The van der Waals surface area contributed by atoms with E-state index in [0.29, 0.717) is 24.0 Å². The number of quaternary nitrogens is 1. The van der Waals surface area contributed by atoms with Crippen molar-refractivity contribution in [3.63, 3.8) is 0 Å². The third kappa shape index (κ3) is 2.40. The van der Waals surface area contributed by atoms with Crippen molar-refractivity contribution < 1.29 is 10.4 Å². The molecule has 0 spiro atoms. The summed E-state index contributed by atoms with van der Waals surface area (Å²) in [5, 5.41) is 19.0. The molecule has 0 aromatic carbocycles. The molecule has 74 valence electrons. The van der Waals surface area contributed by atoms with Crippen molar-refractivity contribution in [2.45, 2.75) is 27.2 Å². The number of hydrogen-bond acceptors (Lipinski definition) is 2. The molecule has 1 rings (SSSR count). The molecule has 0 heterocycles. The Balaban J connectivity index is 2.78. The van der Waals surface area contributed by atoms with Gasteiger partial charge in [-0.3, -0.25) is 0 Å². The van der Waals surface area contributed by atoms with Crippen LogP contribution in [-0.2, 0) is 0 Å². The SMILES string of the molecule is CC1=C([NH+]([O-])O)C[C@H](C(C)C)C=C1. The standard InChI is InChI=1S/C10H17NO2/c1-7(2)9-5-4-8(3)10(6-9)11(12)13/h4-5,7,9,11-12H,6H2,1-3H3/t9-/m1/s1. The molecular weight excluding hydrogens is 166 g/mol. The van der Waals surface area contributed by atoms with Crippen LogP contribution in [0.1, 0.15) is 27.2 Å². The minimum Gasteiger partial charge on any atom is -0.595 e. The zero-order valence-corrected chi connectivity index (χ0v) is 8.37. The van der Waals surface area contributed by atoms with Crippen molar-refractivity contribution >= 4 is 0 Å². The number of hydroxylamine groups is 2. The van der Waals surface area contributed by atoms with Gasteiger partial charge in [0, 0.05) is 12.0 Å². The Morgan fingerprint density at radius 3 is 2.69 bits per heavy atom. The average molecular weight is 183 g/mol. The van der Waals surface area contributed by atoms with Crippen LogP contribution in [0, 0.1) is 17.0 Å². The van der Waals surface area contributed by atoms with E-state index >= 15 is 0 Å². The zero-order chi connectivity index (χ0) is 10.0. The summed E-state index contributed by atoms with van der Waals surface area (Å²) in [5.74, 6) is 0.897. The van der Waals surface area contributed by atoms with E-state index in [1.165, 1.54) is 0 Å². The van der Waals surface area contributed by atoms with Gasteiger partial charge < -0.3 is 5.21 Å². The lowest BCUT2D eigenvalue weighted by Gasteiger charge is -2.25. The van der Waals surface area contributed by atoms with Crippen molar-refractivity contribution in [1.82, 2.24) is 0 Å². The van der Waals surface area contributed by atoms with Gasteiger partial charge in [0.05, 0.1) is 0 Å². The highest BCUT2D eigenvalue weighted by molar-refractivity contribution is 5.25. The predicted octanol–water partition coefficient (Wildman–Crippen LogP) is 1.26. The first kappa shape index (κ1) is 10.4. The monoisotopic (exact) mass is 183 g/mol. The van der Waals surface area contributed by atoms with Crippen LogP contribution in [0.4, 0.5) is 0 Å². The molecule has 3 heteroatoms. The number of nitrogens with one attached hydrogen (secondary N) is 1. The van der Waals surface area contributed by atoms with E-state index in [4.69, 9.17) is 5.21 Å². The third-order valence-corrected chi connectivity index (χ3v) is 2.62. The minimum atomic E-state index is -0.771. The van der Waals surface area contributed by atoms with Crippen LogP contribution >= 0.6 is 0 Å². The van der Waals surface area contributed by atoms with Crippen molar-refractivity contribution in [3.05, 3.63) is 28.6 Å². The summed E-state index contributed by atoms with van der Waals surface area (Å²) in [6.07, 6.45) is 4.72. The molecule has 0 aliphatic heterocycles. The highest BCUT2D eigenvalue weighted by atomic mass is 16.8. The van der Waals surface area contributed by atoms with Gasteiger partial charge in [0.25, 0.3) is 0 Å². The van der Waals surface area contributed by atoms with Gasteiger partial charge in [0.15, 0.2) is 0 Å². The van der Waals surface area contributed by atoms with Gasteiger partial charge in [-0.25, -0.2) is 5.21 Å². The fraction of sp³-hybridized carbons (Fsp3) is 0.600. The molecule has 0 saturated carbocycles. The first-order chi connectivity index (χ1) is 6.02. The maximum Gasteiger partial charge on any atom is 0.143 e. The van der Waals surface area contributed by atoms with E-state index in [1.54, 1.807) is 0 Å². The number of allylic oxidation sites excluding steroid dienone is 4. The van der Waals surface area contributed by atoms with Crippen LogP contribution in [0.5, 0.6) is 0 Å².